The summed E-state index contributed by atoms with van der Waals surface area (Å²) < 4.78 is 5.46. The molecule has 0 aromatic heterocycles. The maximum atomic E-state index is 10.6. The van der Waals surface area contributed by atoms with E-state index in [1.165, 1.54) is 6.08 Å². The van der Waals surface area contributed by atoms with Crippen molar-refractivity contribution < 1.29 is 14.6 Å². The number of carbonyl (C=O) groups is 1. The predicted molar refractivity (Wildman–Crippen MR) is 63.6 cm³/mol. The third-order valence-electron chi connectivity index (χ3n) is 2.20. The molecule has 0 aliphatic heterocycles. The lowest BCUT2D eigenvalue weighted by molar-refractivity contribution is -0.131. The van der Waals surface area contributed by atoms with Crippen LogP contribution in [0.3, 0.4) is 0 Å². The fraction of sp³-hybridized carbons (Fsp3) is 0.308. The Morgan fingerprint density at radius 3 is 2.75 bits per heavy atom. The van der Waals surface area contributed by atoms with E-state index in [0.29, 0.717) is 12.2 Å². The molecular formula is C13H16O3. The van der Waals surface area contributed by atoms with Crippen LogP contribution in [-0.2, 0) is 4.79 Å². The predicted octanol–water partition coefficient (Wildman–Crippen LogP) is 2.88. The monoisotopic (exact) mass is 220 g/mol. The minimum atomic E-state index is -0.943. The highest BCUT2D eigenvalue weighted by molar-refractivity contribution is 5.90. The van der Waals surface area contributed by atoms with Crippen molar-refractivity contribution in [2.24, 2.45) is 0 Å². The Kier molecular flexibility index (Phi) is 4.11. The summed E-state index contributed by atoms with van der Waals surface area (Å²) in [6.07, 6.45) is 1.19. The molecule has 0 spiro atoms. The van der Waals surface area contributed by atoms with E-state index >= 15 is 0 Å². The molecule has 3 heteroatoms. The maximum Gasteiger partial charge on any atom is 0.328 e. The van der Waals surface area contributed by atoms with Crippen molar-refractivity contribution in [3.8, 4) is 5.75 Å². The quantitative estimate of drug-likeness (QED) is 0.793. The molecule has 1 N–H and O–H groups in total. The molecule has 1 rings (SSSR count). The van der Waals surface area contributed by atoms with E-state index in [1.807, 2.05) is 32.0 Å². The highest BCUT2D eigenvalue weighted by Gasteiger charge is 2.06. The number of rotatable bonds is 4. The van der Waals surface area contributed by atoms with Crippen LogP contribution in [0.1, 0.15) is 25.0 Å². The Morgan fingerprint density at radius 2 is 2.19 bits per heavy atom. The molecular weight excluding hydrogens is 204 g/mol. The maximum absolute atomic E-state index is 10.6. The molecule has 86 valence electrons. The zero-order valence-corrected chi connectivity index (χ0v) is 9.78. The summed E-state index contributed by atoms with van der Waals surface area (Å²) in [4.78, 5) is 10.6. The van der Waals surface area contributed by atoms with E-state index in [-0.39, 0.29) is 0 Å². The van der Waals surface area contributed by atoms with Crippen LogP contribution >= 0.6 is 0 Å². The van der Waals surface area contributed by atoms with Gasteiger partial charge in [-0.1, -0.05) is 11.6 Å². The SMILES string of the molecule is CCOc1ccc(C)cc1/C(C)=C/C(=O)O. The molecule has 0 amide bonds. The van der Waals surface area contributed by atoms with Crippen molar-refractivity contribution in [1.82, 2.24) is 0 Å². The smallest absolute Gasteiger partial charge is 0.328 e. The molecule has 1 aromatic rings. The molecule has 3 nitrogen and oxygen atoms in total. The molecule has 0 aliphatic rings. The summed E-state index contributed by atoms with van der Waals surface area (Å²) in [5, 5.41) is 8.72. The van der Waals surface area contributed by atoms with Crippen molar-refractivity contribution in [1.29, 1.82) is 0 Å². The van der Waals surface area contributed by atoms with Gasteiger partial charge in [-0.15, -0.1) is 0 Å². The van der Waals surface area contributed by atoms with Gasteiger partial charge in [0.05, 0.1) is 6.61 Å². The van der Waals surface area contributed by atoms with Crippen LogP contribution in [0, 0.1) is 6.92 Å². The summed E-state index contributed by atoms with van der Waals surface area (Å²) in [5.74, 6) is -0.218. The Morgan fingerprint density at radius 1 is 1.50 bits per heavy atom. The second kappa shape index (κ2) is 5.35. The van der Waals surface area contributed by atoms with Crippen LogP contribution in [0.2, 0.25) is 0 Å². The van der Waals surface area contributed by atoms with Gasteiger partial charge in [0.15, 0.2) is 0 Å². The number of allylic oxidation sites excluding steroid dienone is 1. The zero-order valence-electron chi connectivity index (χ0n) is 9.78. The second-order valence-corrected chi connectivity index (χ2v) is 3.60. The normalized spacial score (nSPS) is 11.3. The van der Waals surface area contributed by atoms with Gasteiger partial charge in [-0.2, -0.15) is 0 Å². The third-order valence-corrected chi connectivity index (χ3v) is 2.20. The molecule has 0 saturated carbocycles. The van der Waals surface area contributed by atoms with Crippen LogP contribution < -0.4 is 4.74 Å². The van der Waals surface area contributed by atoms with Gasteiger partial charge < -0.3 is 9.84 Å². The second-order valence-electron chi connectivity index (χ2n) is 3.60. The first kappa shape index (κ1) is 12.3. The van der Waals surface area contributed by atoms with Crippen molar-refractivity contribution in [2.75, 3.05) is 6.61 Å². The van der Waals surface area contributed by atoms with Crippen molar-refractivity contribution >= 4 is 11.5 Å². The van der Waals surface area contributed by atoms with Crippen LogP contribution in [0.15, 0.2) is 24.3 Å². The number of hydrogen-bond donors (Lipinski definition) is 1. The molecule has 16 heavy (non-hydrogen) atoms. The first-order chi connectivity index (χ1) is 7.54. The molecule has 0 fully saturated rings. The van der Waals surface area contributed by atoms with Crippen molar-refractivity contribution in [3.63, 3.8) is 0 Å². The molecule has 0 unspecified atom stereocenters. The molecule has 0 heterocycles. The Balaban J connectivity index is 3.18. The highest BCUT2D eigenvalue weighted by Crippen LogP contribution is 2.27. The lowest BCUT2D eigenvalue weighted by Gasteiger charge is -2.11. The standard InChI is InChI=1S/C13H16O3/c1-4-16-12-6-5-9(2)7-11(12)10(3)8-13(14)15/h5-8H,4H2,1-3H3,(H,14,15)/b10-8+. The van der Waals surface area contributed by atoms with Crippen LogP contribution in [0.5, 0.6) is 5.75 Å². The first-order valence-electron chi connectivity index (χ1n) is 5.19. The fourth-order valence-electron chi connectivity index (χ4n) is 1.50. The van der Waals surface area contributed by atoms with Crippen LogP contribution in [0.4, 0.5) is 0 Å². The number of aryl methyl sites for hydroxylation is 1. The highest BCUT2D eigenvalue weighted by atomic mass is 16.5. The average molecular weight is 220 g/mol. The molecule has 0 saturated heterocycles. The number of carboxylic acids is 1. The number of hydrogen-bond acceptors (Lipinski definition) is 2. The molecule has 0 aliphatic carbocycles. The van der Waals surface area contributed by atoms with E-state index in [0.717, 1.165) is 16.9 Å². The van der Waals surface area contributed by atoms with Gasteiger partial charge in [0.2, 0.25) is 0 Å². The van der Waals surface area contributed by atoms with Gasteiger partial charge in [-0.25, -0.2) is 4.79 Å². The lowest BCUT2D eigenvalue weighted by atomic mass is 10.0. The van der Waals surface area contributed by atoms with Crippen molar-refractivity contribution in [2.45, 2.75) is 20.8 Å². The van der Waals surface area contributed by atoms with E-state index in [9.17, 15) is 4.79 Å². The minimum Gasteiger partial charge on any atom is -0.493 e. The largest absolute Gasteiger partial charge is 0.493 e. The molecule has 0 atom stereocenters. The lowest BCUT2D eigenvalue weighted by Crippen LogP contribution is -1.97. The molecule has 0 radical (unpaired) electrons. The van der Waals surface area contributed by atoms with Gasteiger partial charge in [0.1, 0.15) is 5.75 Å². The third kappa shape index (κ3) is 3.12. The van der Waals surface area contributed by atoms with Gasteiger partial charge in [0, 0.05) is 11.6 Å². The first-order valence-corrected chi connectivity index (χ1v) is 5.19. The van der Waals surface area contributed by atoms with E-state index in [2.05, 4.69) is 0 Å². The molecule has 1 aromatic carbocycles. The van der Waals surface area contributed by atoms with E-state index < -0.39 is 5.97 Å². The van der Waals surface area contributed by atoms with Crippen LogP contribution in [0.25, 0.3) is 5.57 Å². The summed E-state index contributed by atoms with van der Waals surface area (Å²) >= 11 is 0. The Labute approximate surface area is 95.4 Å². The number of aliphatic carboxylic acids is 1. The van der Waals surface area contributed by atoms with Gasteiger partial charge >= 0.3 is 5.97 Å². The summed E-state index contributed by atoms with van der Waals surface area (Å²) in [7, 11) is 0. The van der Waals surface area contributed by atoms with Gasteiger partial charge in [-0.3, -0.25) is 0 Å². The van der Waals surface area contributed by atoms with Gasteiger partial charge in [-0.05, 0) is 38.5 Å². The van der Waals surface area contributed by atoms with E-state index in [1.54, 1.807) is 6.92 Å². The molecule has 0 bridgehead atoms. The van der Waals surface area contributed by atoms with Gasteiger partial charge in [0.25, 0.3) is 0 Å². The Hall–Kier alpha value is -1.77. The van der Waals surface area contributed by atoms with E-state index in [4.69, 9.17) is 9.84 Å². The number of ether oxygens (including phenoxy) is 1. The fourth-order valence-corrected chi connectivity index (χ4v) is 1.50. The summed E-state index contributed by atoms with van der Waals surface area (Å²) in [6.45, 7) is 6.20. The minimum absolute atomic E-state index is 0.566. The van der Waals surface area contributed by atoms with Crippen LogP contribution in [-0.4, -0.2) is 17.7 Å². The summed E-state index contributed by atoms with van der Waals surface area (Å²) in [5.41, 5.74) is 2.61. The van der Waals surface area contributed by atoms with Crippen molar-refractivity contribution in [3.05, 3.63) is 35.4 Å². The number of benzene rings is 1. The number of carboxylic acid groups (broad SMARTS) is 1. The average Bonchev–Trinajstić information content (AvgIpc) is 2.20. The topological polar surface area (TPSA) is 46.5 Å². The zero-order chi connectivity index (χ0) is 12.1. The summed E-state index contributed by atoms with van der Waals surface area (Å²) in [6, 6.07) is 5.75. The Bertz CT molecular complexity index is 419.